The smallest absolute Gasteiger partial charge is 0.225 e. The molecule has 0 saturated carbocycles. The topological polar surface area (TPSA) is 41.1 Å². The molecule has 1 aliphatic rings. The predicted octanol–water partition coefficient (Wildman–Crippen LogP) is 1.92. The number of aromatic nitrogens is 2. The van der Waals surface area contributed by atoms with Crippen LogP contribution in [0.2, 0.25) is 0 Å². The van der Waals surface area contributed by atoms with Crippen LogP contribution in [0.4, 0.5) is 5.95 Å². The number of nitrogens with zero attached hydrogens (tertiary/aromatic N) is 3. The lowest BCUT2D eigenvalue weighted by atomic mass is 10.1. The summed E-state index contributed by atoms with van der Waals surface area (Å²) in [7, 11) is 1.96. The predicted molar refractivity (Wildman–Crippen MR) is 70.3 cm³/mol. The Balaban J connectivity index is 2.27. The molecular formula is C13H22N4. The Morgan fingerprint density at radius 3 is 2.65 bits per heavy atom. The Morgan fingerprint density at radius 1 is 1.35 bits per heavy atom. The minimum absolute atomic E-state index is 0.447. The summed E-state index contributed by atoms with van der Waals surface area (Å²) in [5.41, 5.74) is 2.39. The van der Waals surface area contributed by atoms with E-state index in [4.69, 9.17) is 4.98 Å². The molecule has 0 spiro atoms. The van der Waals surface area contributed by atoms with Crippen molar-refractivity contribution in [2.45, 2.75) is 39.2 Å². The van der Waals surface area contributed by atoms with E-state index in [1.807, 2.05) is 13.2 Å². The van der Waals surface area contributed by atoms with E-state index in [-0.39, 0.29) is 0 Å². The molecule has 1 aromatic heterocycles. The Hall–Kier alpha value is -1.16. The van der Waals surface area contributed by atoms with Gasteiger partial charge in [-0.2, -0.15) is 0 Å². The molecule has 2 heterocycles. The summed E-state index contributed by atoms with van der Waals surface area (Å²) in [5, 5.41) is 3.17. The van der Waals surface area contributed by atoms with Crippen molar-refractivity contribution in [2.24, 2.45) is 0 Å². The maximum absolute atomic E-state index is 4.75. The summed E-state index contributed by atoms with van der Waals surface area (Å²) < 4.78 is 0. The summed E-state index contributed by atoms with van der Waals surface area (Å²) in [4.78, 5) is 11.5. The molecule has 1 N–H and O–H groups in total. The minimum Gasteiger partial charge on any atom is -0.341 e. The third kappa shape index (κ3) is 2.75. The second kappa shape index (κ2) is 5.45. The molecule has 0 atom stereocenters. The molecule has 0 bridgehead atoms. The normalized spacial score (nSPS) is 15.9. The molecule has 1 aromatic rings. The molecule has 0 radical (unpaired) electrons. The van der Waals surface area contributed by atoms with E-state index >= 15 is 0 Å². The first-order valence-electron chi connectivity index (χ1n) is 6.47. The zero-order valence-electron chi connectivity index (χ0n) is 11.0. The van der Waals surface area contributed by atoms with E-state index in [0.717, 1.165) is 25.6 Å². The average molecular weight is 234 g/mol. The first-order valence-corrected chi connectivity index (χ1v) is 6.47. The van der Waals surface area contributed by atoms with Crippen LogP contribution in [0.5, 0.6) is 0 Å². The zero-order valence-corrected chi connectivity index (χ0v) is 11.0. The molecular weight excluding hydrogens is 212 g/mol. The Bertz CT molecular complexity index is 370. The number of nitrogens with one attached hydrogen (secondary N) is 1. The van der Waals surface area contributed by atoms with Gasteiger partial charge in [0.2, 0.25) is 5.95 Å². The number of anilines is 1. The average Bonchev–Trinajstić information content (AvgIpc) is 2.83. The van der Waals surface area contributed by atoms with Crippen LogP contribution in [0.15, 0.2) is 6.20 Å². The van der Waals surface area contributed by atoms with Gasteiger partial charge < -0.3 is 10.2 Å². The highest BCUT2D eigenvalue weighted by atomic mass is 15.3. The monoisotopic (exact) mass is 234 g/mol. The maximum Gasteiger partial charge on any atom is 0.225 e. The molecule has 17 heavy (non-hydrogen) atoms. The van der Waals surface area contributed by atoms with Gasteiger partial charge in [-0.25, -0.2) is 9.97 Å². The van der Waals surface area contributed by atoms with Crippen molar-refractivity contribution in [3.05, 3.63) is 17.5 Å². The van der Waals surface area contributed by atoms with E-state index < -0.39 is 0 Å². The second-order valence-electron chi connectivity index (χ2n) is 4.96. The molecule has 2 rings (SSSR count). The molecule has 94 valence electrons. The third-order valence-electron chi connectivity index (χ3n) is 3.19. The summed E-state index contributed by atoms with van der Waals surface area (Å²) >= 11 is 0. The van der Waals surface area contributed by atoms with Crippen LogP contribution in [0.3, 0.4) is 0 Å². The van der Waals surface area contributed by atoms with E-state index in [1.54, 1.807) is 0 Å². The van der Waals surface area contributed by atoms with Crippen molar-refractivity contribution in [1.82, 2.24) is 15.3 Å². The Kier molecular flexibility index (Phi) is 3.94. The molecule has 0 aromatic carbocycles. The van der Waals surface area contributed by atoms with Gasteiger partial charge in [0.15, 0.2) is 0 Å². The van der Waals surface area contributed by atoms with Gasteiger partial charge >= 0.3 is 0 Å². The van der Waals surface area contributed by atoms with Gasteiger partial charge in [-0.1, -0.05) is 13.8 Å². The van der Waals surface area contributed by atoms with Crippen LogP contribution in [0.1, 0.15) is 43.9 Å². The number of hydrogen-bond acceptors (Lipinski definition) is 4. The van der Waals surface area contributed by atoms with E-state index in [0.29, 0.717) is 5.92 Å². The highest BCUT2D eigenvalue weighted by molar-refractivity contribution is 5.35. The molecule has 4 heteroatoms. The van der Waals surface area contributed by atoms with Crippen LogP contribution >= 0.6 is 0 Å². The third-order valence-corrected chi connectivity index (χ3v) is 3.19. The summed E-state index contributed by atoms with van der Waals surface area (Å²) in [6, 6.07) is 0. The zero-order chi connectivity index (χ0) is 12.3. The molecule has 0 unspecified atom stereocenters. The van der Waals surface area contributed by atoms with Gasteiger partial charge in [-0.15, -0.1) is 0 Å². The molecule has 1 fully saturated rings. The van der Waals surface area contributed by atoms with Crippen molar-refractivity contribution < 1.29 is 0 Å². The fourth-order valence-electron chi connectivity index (χ4n) is 2.31. The van der Waals surface area contributed by atoms with Crippen LogP contribution in [0.25, 0.3) is 0 Å². The highest BCUT2D eigenvalue weighted by Gasteiger charge is 2.17. The van der Waals surface area contributed by atoms with Crippen molar-refractivity contribution >= 4 is 5.95 Å². The van der Waals surface area contributed by atoms with Crippen molar-refractivity contribution in [3.8, 4) is 0 Å². The van der Waals surface area contributed by atoms with Crippen molar-refractivity contribution in [1.29, 1.82) is 0 Å². The van der Waals surface area contributed by atoms with Crippen LogP contribution < -0.4 is 10.2 Å². The quantitative estimate of drug-likeness (QED) is 0.864. The number of hydrogen-bond donors (Lipinski definition) is 1. The standard InChI is InChI=1S/C13H22N4/c1-10(2)12-11(8-14-3)9-15-13(16-12)17-6-4-5-7-17/h9-10,14H,4-8H2,1-3H3. The fourth-order valence-corrected chi connectivity index (χ4v) is 2.31. The fraction of sp³-hybridized carbons (Fsp3) is 0.692. The van der Waals surface area contributed by atoms with Gasteiger partial charge in [0.25, 0.3) is 0 Å². The first kappa shape index (κ1) is 12.3. The largest absolute Gasteiger partial charge is 0.341 e. The summed E-state index contributed by atoms with van der Waals surface area (Å²) in [6.07, 6.45) is 4.50. The Morgan fingerprint density at radius 2 is 2.06 bits per heavy atom. The van der Waals surface area contributed by atoms with Gasteiger partial charge in [-0.05, 0) is 25.8 Å². The lowest BCUT2D eigenvalue weighted by molar-refractivity contribution is 0.733. The summed E-state index contributed by atoms with van der Waals surface area (Å²) in [6.45, 7) is 7.42. The van der Waals surface area contributed by atoms with Crippen LogP contribution in [0, 0.1) is 0 Å². The number of rotatable bonds is 4. The van der Waals surface area contributed by atoms with Gasteiger partial charge in [0.1, 0.15) is 0 Å². The summed E-state index contributed by atoms with van der Waals surface area (Å²) in [5.74, 6) is 1.36. The van der Waals surface area contributed by atoms with Crippen molar-refractivity contribution in [3.63, 3.8) is 0 Å². The first-order chi connectivity index (χ1) is 8.22. The maximum atomic E-state index is 4.75. The second-order valence-corrected chi connectivity index (χ2v) is 4.96. The van der Waals surface area contributed by atoms with E-state index in [1.165, 1.54) is 24.1 Å². The molecule has 0 aliphatic carbocycles. The SMILES string of the molecule is CNCc1cnc(N2CCCC2)nc1C(C)C. The van der Waals surface area contributed by atoms with Crippen molar-refractivity contribution in [2.75, 3.05) is 25.0 Å². The minimum atomic E-state index is 0.447. The van der Waals surface area contributed by atoms with Gasteiger partial charge in [-0.3, -0.25) is 0 Å². The molecule has 1 saturated heterocycles. The van der Waals surface area contributed by atoms with Crippen LogP contribution in [-0.4, -0.2) is 30.1 Å². The molecule has 1 aliphatic heterocycles. The highest BCUT2D eigenvalue weighted by Crippen LogP contribution is 2.21. The Labute approximate surface area is 103 Å². The lowest BCUT2D eigenvalue weighted by Gasteiger charge is -2.18. The van der Waals surface area contributed by atoms with Gasteiger partial charge in [0.05, 0.1) is 5.69 Å². The molecule has 0 amide bonds. The molecule has 4 nitrogen and oxygen atoms in total. The van der Waals surface area contributed by atoms with E-state index in [2.05, 4.69) is 29.0 Å². The van der Waals surface area contributed by atoms with Gasteiger partial charge in [0, 0.05) is 31.4 Å². The van der Waals surface area contributed by atoms with E-state index in [9.17, 15) is 0 Å². The van der Waals surface area contributed by atoms with Crippen LogP contribution in [-0.2, 0) is 6.54 Å². The lowest BCUT2D eigenvalue weighted by Crippen LogP contribution is -2.22.